The van der Waals surface area contributed by atoms with E-state index >= 15 is 0 Å². The average molecular weight is 684 g/mol. The fraction of sp³-hybridized carbons (Fsp3) is 0.379. The van der Waals surface area contributed by atoms with E-state index in [4.69, 9.17) is 27.7 Å². The number of carbonyl (C=O) groups is 2. The minimum absolute atomic E-state index is 0.0168. The standard InChI is InChI=1S/C29H29Cl2N2O7PS2/c1-14-12-42-28-20(34)6-18-26(24(14)28)16(8-30)10-32(18)22(35)4-3-5-23(36)33-11-17(9-31)27-19(33)7-21(40-41(37,38)39)29-25(27)15(2)13-43-29/h6-7,12-13,16-17,34H,3-5,8-11H2,1-2H3,(H2,37,38,39). The van der Waals surface area contributed by atoms with Gasteiger partial charge in [0.2, 0.25) is 11.8 Å². The van der Waals surface area contributed by atoms with Crippen LogP contribution in [0, 0.1) is 13.8 Å². The number of aryl methyl sites for hydroxylation is 2. The van der Waals surface area contributed by atoms with Gasteiger partial charge < -0.3 is 19.4 Å². The topological polar surface area (TPSA) is 128 Å². The van der Waals surface area contributed by atoms with Crippen LogP contribution in [0.3, 0.4) is 0 Å². The van der Waals surface area contributed by atoms with Gasteiger partial charge in [-0.15, -0.1) is 45.9 Å². The number of rotatable bonds is 8. The van der Waals surface area contributed by atoms with Crippen molar-refractivity contribution in [2.45, 2.75) is 44.9 Å². The van der Waals surface area contributed by atoms with Gasteiger partial charge in [0.1, 0.15) is 5.75 Å². The van der Waals surface area contributed by atoms with E-state index in [9.17, 15) is 29.0 Å². The van der Waals surface area contributed by atoms with Crippen LogP contribution in [0.15, 0.2) is 22.9 Å². The third kappa shape index (κ3) is 5.33. The molecule has 0 aliphatic carbocycles. The normalized spacial score (nSPS) is 18.1. The number of alkyl halides is 2. The minimum atomic E-state index is -4.85. The molecular formula is C29H29Cl2N2O7PS2. The Balaban J connectivity index is 1.22. The summed E-state index contributed by atoms with van der Waals surface area (Å²) in [6, 6.07) is 3.15. The predicted molar refractivity (Wildman–Crippen MR) is 173 cm³/mol. The summed E-state index contributed by atoms with van der Waals surface area (Å²) < 4.78 is 18.1. The molecule has 43 heavy (non-hydrogen) atoms. The minimum Gasteiger partial charge on any atom is -0.506 e. The van der Waals surface area contributed by atoms with Crippen LogP contribution in [0.2, 0.25) is 0 Å². The molecule has 2 aliphatic rings. The quantitative estimate of drug-likeness (QED) is 0.133. The van der Waals surface area contributed by atoms with Crippen LogP contribution in [0.25, 0.3) is 20.2 Å². The monoisotopic (exact) mass is 682 g/mol. The first-order chi connectivity index (χ1) is 20.4. The van der Waals surface area contributed by atoms with Gasteiger partial charge in [0.25, 0.3) is 0 Å². The second-order valence-electron chi connectivity index (χ2n) is 11.0. The summed E-state index contributed by atoms with van der Waals surface area (Å²) in [7, 11) is -4.85. The van der Waals surface area contributed by atoms with Gasteiger partial charge in [-0.05, 0) is 53.3 Å². The third-order valence-electron chi connectivity index (χ3n) is 8.22. The number of phenolic OH excluding ortho intramolecular Hbond substituents is 1. The maximum absolute atomic E-state index is 13.5. The SMILES string of the molecule is Cc1csc2c(O)cc3c(c12)C(CCl)CN3C(=O)CCCC(=O)N1CC(CCl)c2c1cc(OP(=O)(O)O)c1scc(C)c21. The number of nitrogens with zero attached hydrogens (tertiary/aromatic N) is 2. The molecule has 2 atom stereocenters. The first-order valence-corrected chi connectivity index (χ1v) is 18.1. The van der Waals surface area contributed by atoms with Crippen molar-refractivity contribution in [3.63, 3.8) is 0 Å². The Hall–Kier alpha value is -2.37. The number of phosphoric ester groups is 1. The Bertz CT molecular complexity index is 1830. The molecular weight excluding hydrogens is 654 g/mol. The van der Waals surface area contributed by atoms with Crippen molar-refractivity contribution in [2.24, 2.45) is 0 Å². The molecule has 228 valence electrons. The lowest BCUT2D eigenvalue weighted by Crippen LogP contribution is -2.32. The van der Waals surface area contributed by atoms with E-state index in [-0.39, 0.29) is 53.9 Å². The van der Waals surface area contributed by atoms with Gasteiger partial charge >= 0.3 is 7.82 Å². The molecule has 9 nitrogen and oxygen atoms in total. The largest absolute Gasteiger partial charge is 0.524 e. The highest BCUT2D eigenvalue weighted by atomic mass is 35.5. The van der Waals surface area contributed by atoms with Crippen LogP contribution < -0.4 is 14.3 Å². The summed E-state index contributed by atoms with van der Waals surface area (Å²) in [4.78, 5) is 49.3. The second-order valence-corrected chi connectivity index (χ2v) is 14.6. The van der Waals surface area contributed by atoms with E-state index in [1.54, 1.807) is 15.9 Å². The van der Waals surface area contributed by atoms with Crippen molar-refractivity contribution in [1.29, 1.82) is 0 Å². The van der Waals surface area contributed by atoms with Gasteiger partial charge in [0.15, 0.2) is 5.75 Å². The van der Waals surface area contributed by atoms with Gasteiger partial charge in [0, 0.05) is 72.4 Å². The Morgan fingerprint density at radius 3 is 1.91 bits per heavy atom. The number of amides is 2. The molecule has 0 bridgehead atoms. The first-order valence-electron chi connectivity index (χ1n) is 13.7. The van der Waals surface area contributed by atoms with Gasteiger partial charge in [-0.1, -0.05) is 0 Å². The lowest BCUT2D eigenvalue weighted by atomic mass is 9.97. The van der Waals surface area contributed by atoms with Crippen LogP contribution in [0.1, 0.15) is 53.4 Å². The molecule has 4 aromatic rings. The molecule has 2 aromatic heterocycles. The Morgan fingerprint density at radius 2 is 1.40 bits per heavy atom. The smallest absolute Gasteiger partial charge is 0.506 e. The number of benzene rings is 2. The number of hydrogen-bond donors (Lipinski definition) is 3. The average Bonchev–Trinajstić information content (AvgIpc) is 3.71. The molecule has 2 amide bonds. The molecule has 2 unspecified atom stereocenters. The third-order valence-corrected chi connectivity index (χ3v) is 11.6. The summed E-state index contributed by atoms with van der Waals surface area (Å²) in [5.41, 5.74) is 4.97. The van der Waals surface area contributed by atoms with Crippen molar-refractivity contribution in [3.05, 3.63) is 45.1 Å². The molecule has 0 radical (unpaired) electrons. The molecule has 6 rings (SSSR count). The van der Waals surface area contributed by atoms with Crippen LogP contribution in [-0.4, -0.2) is 51.6 Å². The van der Waals surface area contributed by atoms with Gasteiger partial charge in [-0.25, -0.2) is 4.57 Å². The van der Waals surface area contributed by atoms with E-state index in [2.05, 4.69) is 0 Å². The maximum atomic E-state index is 13.5. The van der Waals surface area contributed by atoms with E-state index in [1.165, 1.54) is 28.7 Å². The summed E-state index contributed by atoms with van der Waals surface area (Å²) in [5, 5.41) is 16.3. The Morgan fingerprint density at radius 1 is 0.907 bits per heavy atom. The van der Waals surface area contributed by atoms with E-state index in [0.29, 0.717) is 41.5 Å². The molecule has 14 heteroatoms. The number of thiophene rings is 2. The highest BCUT2D eigenvalue weighted by Crippen LogP contribution is 2.52. The van der Waals surface area contributed by atoms with E-state index in [1.807, 2.05) is 24.6 Å². The lowest BCUT2D eigenvalue weighted by molar-refractivity contribution is -0.119. The number of phenols is 1. The molecule has 0 fully saturated rings. The molecule has 0 saturated carbocycles. The van der Waals surface area contributed by atoms with Crippen LogP contribution in [0.5, 0.6) is 11.5 Å². The fourth-order valence-corrected chi connectivity index (χ4v) is 9.36. The summed E-state index contributed by atoms with van der Waals surface area (Å²) >= 11 is 15.4. The van der Waals surface area contributed by atoms with Crippen molar-refractivity contribution >= 4 is 97.1 Å². The number of fused-ring (bicyclic) bond motifs is 6. The summed E-state index contributed by atoms with van der Waals surface area (Å²) in [5.74, 6) is 0.154. The number of anilines is 2. The zero-order chi connectivity index (χ0) is 30.8. The van der Waals surface area contributed by atoms with Crippen molar-refractivity contribution in [2.75, 3.05) is 34.6 Å². The molecule has 2 aliphatic heterocycles. The zero-order valence-electron chi connectivity index (χ0n) is 23.3. The number of aromatic hydroxyl groups is 1. The molecule has 0 spiro atoms. The first kappa shape index (κ1) is 30.6. The van der Waals surface area contributed by atoms with Crippen LogP contribution in [-0.2, 0) is 14.2 Å². The molecule has 0 saturated heterocycles. The Labute approximate surface area is 265 Å². The van der Waals surface area contributed by atoms with Gasteiger partial charge in [-0.3, -0.25) is 19.4 Å². The summed E-state index contributed by atoms with van der Waals surface area (Å²) in [6.45, 7) is 4.62. The van der Waals surface area contributed by atoms with Gasteiger partial charge in [0.05, 0.1) is 20.8 Å². The molecule has 4 heterocycles. The number of hydrogen-bond acceptors (Lipinski definition) is 7. The van der Waals surface area contributed by atoms with Crippen molar-refractivity contribution in [1.82, 2.24) is 0 Å². The number of halogens is 2. The fourth-order valence-electron chi connectivity index (χ4n) is 6.40. The van der Waals surface area contributed by atoms with E-state index in [0.717, 1.165) is 37.7 Å². The van der Waals surface area contributed by atoms with E-state index < -0.39 is 7.82 Å². The predicted octanol–water partition coefficient (Wildman–Crippen LogP) is 7.12. The van der Waals surface area contributed by atoms with Crippen molar-refractivity contribution < 1.29 is 33.6 Å². The maximum Gasteiger partial charge on any atom is 0.524 e. The molecule has 3 N–H and O–H groups in total. The van der Waals surface area contributed by atoms with Crippen LogP contribution in [0.4, 0.5) is 11.4 Å². The highest BCUT2D eigenvalue weighted by Gasteiger charge is 2.38. The second kappa shape index (κ2) is 11.5. The highest BCUT2D eigenvalue weighted by molar-refractivity contribution is 7.46. The number of phosphoric acid groups is 1. The van der Waals surface area contributed by atoms with Gasteiger partial charge in [-0.2, -0.15) is 0 Å². The van der Waals surface area contributed by atoms with Crippen molar-refractivity contribution in [3.8, 4) is 11.5 Å². The lowest BCUT2D eigenvalue weighted by Gasteiger charge is -2.20. The summed E-state index contributed by atoms with van der Waals surface area (Å²) in [6.07, 6.45) is 0.503. The number of carbonyl (C=O) groups excluding carboxylic acids is 2. The van der Waals surface area contributed by atoms with Crippen LogP contribution >= 0.6 is 53.7 Å². The molecule has 2 aromatic carbocycles. The zero-order valence-corrected chi connectivity index (χ0v) is 27.3. The Kier molecular flexibility index (Phi) is 8.22.